The van der Waals surface area contributed by atoms with Gasteiger partial charge < -0.3 is 10.7 Å². The first-order valence-electron chi connectivity index (χ1n) is 4.21. The highest BCUT2D eigenvalue weighted by atomic mass is 16.6. The first-order chi connectivity index (χ1) is 6.69. The van der Waals surface area contributed by atoms with E-state index in [1.807, 2.05) is 6.92 Å². The van der Waals surface area contributed by atoms with Crippen molar-refractivity contribution in [2.24, 2.45) is 0 Å². The molecule has 74 valence electrons. The summed E-state index contributed by atoms with van der Waals surface area (Å²) in [5, 5.41) is 20.6. The molecule has 0 unspecified atom stereocenters. The molecule has 2 N–H and O–H groups in total. The van der Waals surface area contributed by atoms with E-state index in [2.05, 4.69) is 5.32 Å². The molecule has 1 aromatic carbocycles. The first-order valence-corrected chi connectivity index (χ1v) is 4.21. The van der Waals surface area contributed by atoms with Crippen molar-refractivity contribution in [1.82, 2.24) is 0 Å². The molecule has 0 aliphatic rings. The maximum absolute atomic E-state index is 10.4. The van der Waals surface area contributed by atoms with Crippen LogP contribution in [0.5, 0.6) is 0 Å². The number of nitro groups is 1. The molecule has 5 nitrogen and oxygen atoms in total. The lowest BCUT2D eigenvalue weighted by molar-refractivity contribution is -0.384. The number of benzene rings is 1. The Morgan fingerprint density at radius 2 is 2.36 bits per heavy atom. The van der Waals surface area contributed by atoms with E-state index in [1.54, 1.807) is 6.07 Å². The number of hydrogen-bond donors (Lipinski definition) is 2. The molecule has 0 saturated heterocycles. The van der Waals surface area contributed by atoms with Crippen LogP contribution in [0.15, 0.2) is 18.2 Å². The van der Waals surface area contributed by atoms with Gasteiger partial charge in [-0.1, -0.05) is 0 Å². The van der Waals surface area contributed by atoms with E-state index >= 15 is 0 Å². The van der Waals surface area contributed by atoms with E-state index in [0.717, 1.165) is 18.4 Å². The van der Waals surface area contributed by atoms with E-state index in [-0.39, 0.29) is 5.69 Å². The monoisotopic (exact) mass is 193 g/mol. The highest BCUT2D eigenvalue weighted by Gasteiger charge is 2.08. The molecule has 14 heavy (non-hydrogen) atoms. The predicted octanol–water partition coefficient (Wildman–Crippen LogP) is 2.02. The van der Waals surface area contributed by atoms with Crippen LogP contribution >= 0.6 is 0 Å². The number of nitro benzene ring substituents is 1. The van der Waals surface area contributed by atoms with Crippen LogP contribution in [-0.2, 0) is 0 Å². The molecule has 5 heteroatoms. The van der Waals surface area contributed by atoms with Crippen LogP contribution in [0.25, 0.3) is 0 Å². The number of rotatable bonds is 4. The lowest BCUT2D eigenvalue weighted by Gasteiger charge is -2.05. The Labute approximate surface area is 81.4 Å². The molecule has 0 aliphatic heterocycles. The summed E-state index contributed by atoms with van der Waals surface area (Å²) in [5.41, 5.74) is 1.28. The zero-order valence-electron chi connectivity index (χ0n) is 7.78. The van der Waals surface area contributed by atoms with Crippen molar-refractivity contribution in [1.29, 1.82) is 5.41 Å². The molecule has 0 saturated carbocycles. The van der Waals surface area contributed by atoms with Crippen LogP contribution in [-0.4, -0.2) is 17.7 Å². The van der Waals surface area contributed by atoms with E-state index in [4.69, 9.17) is 5.41 Å². The summed E-state index contributed by atoms with van der Waals surface area (Å²) in [6, 6.07) is 4.41. The molecule has 0 atom stereocenters. The number of non-ortho nitro benzene ring substituents is 1. The summed E-state index contributed by atoms with van der Waals surface area (Å²) in [7, 11) is 0. The van der Waals surface area contributed by atoms with Crippen molar-refractivity contribution in [3.05, 3.63) is 33.9 Å². The number of anilines is 1. The van der Waals surface area contributed by atoms with Gasteiger partial charge in [-0.3, -0.25) is 10.1 Å². The second-order valence-corrected chi connectivity index (χ2v) is 2.70. The maximum Gasteiger partial charge on any atom is 0.270 e. The normalized spacial score (nSPS) is 9.50. The Bertz CT molecular complexity index is 363. The van der Waals surface area contributed by atoms with Crippen molar-refractivity contribution >= 4 is 17.6 Å². The number of nitrogens with one attached hydrogen (secondary N) is 2. The quantitative estimate of drug-likeness (QED) is 0.436. The van der Waals surface area contributed by atoms with Crippen LogP contribution in [0.4, 0.5) is 11.4 Å². The van der Waals surface area contributed by atoms with Gasteiger partial charge in [0.1, 0.15) is 0 Å². The van der Waals surface area contributed by atoms with Gasteiger partial charge in [0.2, 0.25) is 0 Å². The zero-order chi connectivity index (χ0) is 10.6. The lowest BCUT2D eigenvalue weighted by Crippen LogP contribution is -2.01. The first kappa shape index (κ1) is 10.2. The molecule has 0 amide bonds. The largest absolute Gasteiger partial charge is 0.385 e. The fraction of sp³-hybridized carbons (Fsp3) is 0.222. The Kier molecular flexibility index (Phi) is 3.17. The molecule has 0 fully saturated rings. The fourth-order valence-corrected chi connectivity index (χ4v) is 1.13. The van der Waals surface area contributed by atoms with E-state index in [1.165, 1.54) is 12.1 Å². The van der Waals surface area contributed by atoms with Crippen LogP contribution in [0, 0.1) is 15.5 Å². The number of nitrogens with zero attached hydrogens (tertiary/aromatic N) is 1. The Balaban J connectivity index is 3.11. The van der Waals surface area contributed by atoms with Gasteiger partial charge in [-0.25, -0.2) is 0 Å². The van der Waals surface area contributed by atoms with Gasteiger partial charge in [-0.15, -0.1) is 0 Å². The molecule has 1 rings (SSSR count). The summed E-state index contributed by atoms with van der Waals surface area (Å²) in [6.45, 7) is 2.65. The summed E-state index contributed by atoms with van der Waals surface area (Å²) in [5.74, 6) is 0. The SMILES string of the molecule is CCNc1ccc([N+](=O)[O-])cc1C=N. The summed E-state index contributed by atoms with van der Waals surface area (Å²) in [6.07, 6.45) is 1.10. The van der Waals surface area contributed by atoms with Gasteiger partial charge in [0.05, 0.1) is 4.92 Å². The van der Waals surface area contributed by atoms with Crippen molar-refractivity contribution in [2.75, 3.05) is 11.9 Å². The van der Waals surface area contributed by atoms with Gasteiger partial charge in [0.15, 0.2) is 0 Å². The third-order valence-electron chi connectivity index (χ3n) is 1.77. The standard InChI is InChI=1S/C9H11N3O2/c1-2-11-9-4-3-8(12(13)14)5-7(9)6-10/h3-6,10-11H,2H2,1H3. The van der Waals surface area contributed by atoms with Gasteiger partial charge in [0.25, 0.3) is 5.69 Å². The Morgan fingerprint density at radius 3 is 2.86 bits per heavy atom. The zero-order valence-corrected chi connectivity index (χ0v) is 7.78. The average molecular weight is 193 g/mol. The minimum Gasteiger partial charge on any atom is -0.385 e. The molecule has 0 radical (unpaired) electrons. The van der Waals surface area contributed by atoms with E-state index in [0.29, 0.717) is 5.56 Å². The topological polar surface area (TPSA) is 79.0 Å². The van der Waals surface area contributed by atoms with Gasteiger partial charge >= 0.3 is 0 Å². The summed E-state index contributed by atoms with van der Waals surface area (Å²) >= 11 is 0. The van der Waals surface area contributed by atoms with Crippen molar-refractivity contribution in [2.45, 2.75) is 6.92 Å². The molecule has 0 spiro atoms. The minimum atomic E-state index is -0.470. The van der Waals surface area contributed by atoms with E-state index < -0.39 is 4.92 Å². The van der Waals surface area contributed by atoms with E-state index in [9.17, 15) is 10.1 Å². The molecule has 1 aromatic rings. The summed E-state index contributed by atoms with van der Waals surface area (Å²) < 4.78 is 0. The minimum absolute atomic E-state index is 0.00477. The Morgan fingerprint density at radius 1 is 1.64 bits per heavy atom. The van der Waals surface area contributed by atoms with Crippen LogP contribution < -0.4 is 5.32 Å². The van der Waals surface area contributed by atoms with Crippen molar-refractivity contribution in [3.63, 3.8) is 0 Å². The smallest absolute Gasteiger partial charge is 0.270 e. The molecule has 0 aromatic heterocycles. The van der Waals surface area contributed by atoms with Crippen molar-refractivity contribution < 1.29 is 4.92 Å². The fourth-order valence-electron chi connectivity index (χ4n) is 1.13. The average Bonchev–Trinajstić information content (AvgIpc) is 2.18. The summed E-state index contributed by atoms with van der Waals surface area (Å²) in [4.78, 5) is 9.98. The molecular weight excluding hydrogens is 182 g/mol. The second kappa shape index (κ2) is 4.36. The van der Waals surface area contributed by atoms with Crippen LogP contribution in [0.2, 0.25) is 0 Å². The molecule has 0 heterocycles. The highest BCUT2D eigenvalue weighted by Crippen LogP contribution is 2.20. The molecule has 0 aliphatic carbocycles. The third kappa shape index (κ3) is 2.07. The number of hydrogen-bond acceptors (Lipinski definition) is 4. The molecular formula is C9H11N3O2. The Hall–Kier alpha value is -1.91. The van der Waals surface area contributed by atoms with Crippen LogP contribution in [0.3, 0.4) is 0 Å². The van der Waals surface area contributed by atoms with Gasteiger partial charge in [0, 0.05) is 36.1 Å². The second-order valence-electron chi connectivity index (χ2n) is 2.70. The predicted molar refractivity (Wildman–Crippen MR) is 55.1 cm³/mol. The highest BCUT2D eigenvalue weighted by molar-refractivity contribution is 5.86. The third-order valence-corrected chi connectivity index (χ3v) is 1.77. The lowest BCUT2D eigenvalue weighted by atomic mass is 10.1. The van der Waals surface area contributed by atoms with Gasteiger partial charge in [-0.05, 0) is 13.0 Å². The van der Waals surface area contributed by atoms with Crippen LogP contribution in [0.1, 0.15) is 12.5 Å². The van der Waals surface area contributed by atoms with Crippen molar-refractivity contribution in [3.8, 4) is 0 Å². The molecule has 0 bridgehead atoms. The maximum atomic E-state index is 10.4. The van der Waals surface area contributed by atoms with Gasteiger partial charge in [-0.2, -0.15) is 0 Å².